The van der Waals surface area contributed by atoms with E-state index < -0.39 is 0 Å². The number of methoxy groups -OCH3 is 1. The van der Waals surface area contributed by atoms with Gasteiger partial charge in [-0.3, -0.25) is 0 Å². The fourth-order valence-electron chi connectivity index (χ4n) is 2.78. The van der Waals surface area contributed by atoms with Crippen molar-refractivity contribution in [1.82, 2.24) is 20.6 Å². The van der Waals surface area contributed by atoms with E-state index in [0.717, 1.165) is 11.1 Å². The van der Waals surface area contributed by atoms with Gasteiger partial charge >= 0.3 is 0 Å². The molecule has 6 nitrogen and oxygen atoms in total. The summed E-state index contributed by atoms with van der Waals surface area (Å²) >= 11 is 0. The summed E-state index contributed by atoms with van der Waals surface area (Å²) in [4.78, 5) is 0. The molecule has 0 atom stereocenters. The number of benzene rings is 3. The molecule has 0 aliphatic rings. The number of rotatable bonds is 5. The zero-order chi connectivity index (χ0) is 17.1. The smallest absolute Gasteiger partial charge is 0.204 e. The van der Waals surface area contributed by atoms with E-state index in [4.69, 9.17) is 9.47 Å². The van der Waals surface area contributed by atoms with Crippen molar-refractivity contribution in [3.63, 3.8) is 0 Å². The van der Waals surface area contributed by atoms with Crippen LogP contribution in [-0.2, 0) is 6.61 Å². The standard InChI is InChI=1S/C19H16N4O2/c1-24-18-11-14(19-20-22-23-21-19)9-10-17(18)25-12-15-7-4-6-13-5-2-3-8-16(13)15/h2-11H,12H2,1H3,(H,20,21,22,23). The number of aromatic amines is 1. The summed E-state index contributed by atoms with van der Waals surface area (Å²) < 4.78 is 11.5. The first-order valence-corrected chi connectivity index (χ1v) is 7.86. The lowest BCUT2D eigenvalue weighted by atomic mass is 10.1. The quantitative estimate of drug-likeness (QED) is 0.604. The predicted octanol–water partition coefficient (Wildman–Crippen LogP) is 3.61. The second kappa shape index (κ2) is 6.60. The van der Waals surface area contributed by atoms with Crippen LogP contribution in [0.3, 0.4) is 0 Å². The van der Waals surface area contributed by atoms with Crippen LogP contribution in [0.5, 0.6) is 11.5 Å². The minimum absolute atomic E-state index is 0.458. The zero-order valence-electron chi connectivity index (χ0n) is 13.6. The largest absolute Gasteiger partial charge is 0.493 e. The molecule has 4 aromatic rings. The highest BCUT2D eigenvalue weighted by Gasteiger charge is 2.10. The molecule has 4 rings (SSSR count). The lowest BCUT2D eigenvalue weighted by Gasteiger charge is -2.12. The Labute approximate surface area is 144 Å². The Morgan fingerprint density at radius 1 is 0.960 bits per heavy atom. The third-order valence-corrected chi connectivity index (χ3v) is 4.03. The van der Waals surface area contributed by atoms with Crippen molar-refractivity contribution < 1.29 is 9.47 Å². The zero-order valence-corrected chi connectivity index (χ0v) is 13.6. The molecule has 6 heteroatoms. The fourth-order valence-corrected chi connectivity index (χ4v) is 2.78. The van der Waals surface area contributed by atoms with Crippen LogP contribution in [0.15, 0.2) is 60.7 Å². The number of H-pyrrole nitrogens is 1. The first-order valence-electron chi connectivity index (χ1n) is 7.86. The maximum atomic E-state index is 6.01. The molecule has 0 bridgehead atoms. The number of nitrogens with zero attached hydrogens (tertiary/aromatic N) is 3. The van der Waals surface area contributed by atoms with Crippen molar-refractivity contribution >= 4 is 10.8 Å². The van der Waals surface area contributed by atoms with Crippen LogP contribution < -0.4 is 9.47 Å². The van der Waals surface area contributed by atoms with Gasteiger partial charge in [-0.1, -0.05) is 42.5 Å². The Morgan fingerprint density at radius 3 is 2.68 bits per heavy atom. The maximum absolute atomic E-state index is 6.01. The first kappa shape index (κ1) is 15.1. The number of fused-ring (bicyclic) bond motifs is 1. The molecule has 0 aliphatic heterocycles. The van der Waals surface area contributed by atoms with Gasteiger partial charge in [-0.2, -0.15) is 5.21 Å². The molecule has 0 amide bonds. The summed E-state index contributed by atoms with van der Waals surface area (Å²) in [5.74, 6) is 1.81. The molecule has 1 aromatic heterocycles. The molecule has 0 aliphatic carbocycles. The fraction of sp³-hybridized carbons (Fsp3) is 0.105. The van der Waals surface area contributed by atoms with Crippen molar-refractivity contribution in [1.29, 1.82) is 0 Å². The van der Waals surface area contributed by atoms with Gasteiger partial charge in [-0.05, 0) is 39.7 Å². The van der Waals surface area contributed by atoms with Crippen molar-refractivity contribution in [3.05, 3.63) is 66.2 Å². The Hall–Kier alpha value is -3.41. The normalized spacial score (nSPS) is 10.8. The van der Waals surface area contributed by atoms with Gasteiger partial charge in [0.05, 0.1) is 7.11 Å². The van der Waals surface area contributed by atoms with Crippen LogP contribution >= 0.6 is 0 Å². The molecule has 1 heterocycles. The van der Waals surface area contributed by atoms with E-state index in [1.807, 2.05) is 36.4 Å². The number of nitrogens with one attached hydrogen (secondary N) is 1. The highest BCUT2D eigenvalue weighted by Crippen LogP contribution is 2.32. The molecule has 3 aromatic carbocycles. The van der Waals surface area contributed by atoms with Crippen LogP contribution in [-0.4, -0.2) is 27.7 Å². The molecule has 124 valence electrons. The molecule has 0 unspecified atom stereocenters. The van der Waals surface area contributed by atoms with E-state index in [1.54, 1.807) is 7.11 Å². The van der Waals surface area contributed by atoms with E-state index >= 15 is 0 Å². The molecular weight excluding hydrogens is 316 g/mol. The highest BCUT2D eigenvalue weighted by atomic mass is 16.5. The second-order valence-electron chi connectivity index (χ2n) is 5.53. The van der Waals surface area contributed by atoms with E-state index in [0.29, 0.717) is 23.9 Å². The van der Waals surface area contributed by atoms with Crippen LogP contribution in [0.25, 0.3) is 22.2 Å². The SMILES string of the molecule is COc1cc(-c2nn[nH]n2)ccc1OCc1cccc2ccccc12. The molecule has 0 spiro atoms. The molecule has 0 fully saturated rings. The first-order chi connectivity index (χ1) is 12.3. The monoisotopic (exact) mass is 332 g/mol. The molecular formula is C19H16N4O2. The highest BCUT2D eigenvalue weighted by molar-refractivity contribution is 5.85. The van der Waals surface area contributed by atoms with Gasteiger partial charge in [-0.15, -0.1) is 10.2 Å². The predicted molar refractivity (Wildman–Crippen MR) is 94.4 cm³/mol. The number of hydrogen-bond acceptors (Lipinski definition) is 5. The molecule has 25 heavy (non-hydrogen) atoms. The van der Waals surface area contributed by atoms with Gasteiger partial charge in [0.2, 0.25) is 5.82 Å². The number of hydrogen-bond donors (Lipinski definition) is 1. The Bertz CT molecular complexity index is 994. The molecule has 1 N–H and O–H groups in total. The van der Waals surface area contributed by atoms with Crippen LogP contribution in [0.4, 0.5) is 0 Å². The topological polar surface area (TPSA) is 72.9 Å². The van der Waals surface area contributed by atoms with Gasteiger partial charge in [0.1, 0.15) is 6.61 Å². The minimum Gasteiger partial charge on any atom is -0.493 e. The van der Waals surface area contributed by atoms with Gasteiger partial charge in [0.25, 0.3) is 0 Å². The van der Waals surface area contributed by atoms with Crippen molar-refractivity contribution in [3.8, 4) is 22.9 Å². The third kappa shape index (κ3) is 3.01. The van der Waals surface area contributed by atoms with Crippen molar-refractivity contribution in [2.24, 2.45) is 0 Å². The van der Waals surface area contributed by atoms with E-state index in [1.165, 1.54) is 10.8 Å². The number of aromatic nitrogens is 4. The van der Waals surface area contributed by atoms with Crippen molar-refractivity contribution in [2.75, 3.05) is 7.11 Å². The lowest BCUT2D eigenvalue weighted by Crippen LogP contribution is -1.99. The summed E-state index contributed by atoms with van der Waals surface area (Å²) in [5.41, 5.74) is 1.94. The van der Waals surface area contributed by atoms with Gasteiger partial charge in [-0.25, -0.2) is 0 Å². The average Bonchev–Trinajstić information content (AvgIpc) is 3.21. The van der Waals surface area contributed by atoms with Gasteiger partial charge in [0.15, 0.2) is 11.5 Å². The van der Waals surface area contributed by atoms with Gasteiger partial charge in [0, 0.05) is 5.56 Å². The molecule has 0 saturated carbocycles. The second-order valence-corrected chi connectivity index (χ2v) is 5.53. The Morgan fingerprint density at radius 2 is 1.84 bits per heavy atom. The average molecular weight is 332 g/mol. The van der Waals surface area contributed by atoms with E-state index in [2.05, 4.69) is 44.9 Å². The summed E-state index contributed by atoms with van der Waals surface area (Å²) in [6, 6.07) is 20.0. The van der Waals surface area contributed by atoms with Crippen LogP contribution in [0, 0.1) is 0 Å². The summed E-state index contributed by atoms with van der Waals surface area (Å²) in [5, 5.41) is 16.4. The molecule has 0 radical (unpaired) electrons. The van der Waals surface area contributed by atoms with Crippen molar-refractivity contribution in [2.45, 2.75) is 6.61 Å². The van der Waals surface area contributed by atoms with E-state index in [-0.39, 0.29) is 0 Å². The van der Waals surface area contributed by atoms with Crippen LogP contribution in [0.1, 0.15) is 5.56 Å². The number of tetrazole rings is 1. The Kier molecular flexibility index (Phi) is 4.00. The summed E-state index contributed by atoms with van der Waals surface area (Å²) in [7, 11) is 1.61. The summed E-state index contributed by atoms with van der Waals surface area (Å²) in [6.45, 7) is 0.458. The third-order valence-electron chi connectivity index (χ3n) is 4.03. The van der Waals surface area contributed by atoms with E-state index in [9.17, 15) is 0 Å². The lowest BCUT2D eigenvalue weighted by molar-refractivity contribution is 0.286. The Balaban J connectivity index is 1.60. The van der Waals surface area contributed by atoms with Gasteiger partial charge < -0.3 is 9.47 Å². The molecule has 0 saturated heterocycles. The minimum atomic E-state index is 0.458. The van der Waals surface area contributed by atoms with Crippen LogP contribution in [0.2, 0.25) is 0 Å². The maximum Gasteiger partial charge on any atom is 0.204 e. The summed E-state index contributed by atoms with van der Waals surface area (Å²) in [6.07, 6.45) is 0. The number of ether oxygens (including phenoxy) is 2.